The molecule has 1 aromatic carbocycles. The molecule has 4 heteroatoms. The van der Waals surface area contributed by atoms with Crippen molar-refractivity contribution in [1.29, 1.82) is 0 Å². The molecule has 0 saturated heterocycles. The van der Waals surface area contributed by atoms with Gasteiger partial charge in [0.1, 0.15) is 0 Å². The van der Waals surface area contributed by atoms with Crippen LogP contribution in [-0.2, 0) is 6.42 Å². The Kier molecular flexibility index (Phi) is 2.73. The van der Waals surface area contributed by atoms with Crippen molar-refractivity contribution in [2.75, 3.05) is 0 Å². The highest BCUT2D eigenvalue weighted by atomic mass is 15.5. The highest BCUT2D eigenvalue weighted by molar-refractivity contribution is 5.30. The molecule has 0 saturated carbocycles. The van der Waals surface area contributed by atoms with Crippen LogP contribution in [-0.4, -0.2) is 20.2 Å². The molecule has 0 radical (unpaired) electrons. The Bertz CT molecular complexity index is 453. The summed E-state index contributed by atoms with van der Waals surface area (Å²) >= 11 is 0. The van der Waals surface area contributed by atoms with E-state index in [1.54, 1.807) is 4.68 Å². The van der Waals surface area contributed by atoms with Crippen LogP contribution < -0.4 is 0 Å². The van der Waals surface area contributed by atoms with Gasteiger partial charge >= 0.3 is 0 Å². The third-order valence-corrected chi connectivity index (χ3v) is 2.22. The van der Waals surface area contributed by atoms with Gasteiger partial charge in [-0.15, -0.1) is 5.10 Å². The molecule has 0 amide bonds. The predicted molar refractivity (Wildman–Crippen MR) is 62.3 cm³/mol. The van der Waals surface area contributed by atoms with Crippen LogP contribution in [0.4, 0.5) is 0 Å². The van der Waals surface area contributed by atoms with Gasteiger partial charge < -0.3 is 0 Å². The number of rotatable bonds is 2. The van der Waals surface area contributed by atoms with E-state index >= 15 is 0 Å². The van der Waals surface area contributed by atoms with Crippen molar-refractivity contribution < 1.29 is 0 Å². The molecule has 0 aliphatic rings. The molecule has 0 fully saturated rings. The van der Waals surface area contributed by atoms with Crippen LogP contribution in [0.2, 0.25) is 0 Å². The molecule has 0 bridgehead atoms. The third kappa shape index (κ3) is 2.45. The smallest absolute Gasteiger partial charge is 0.157 e. The predicted octanol–water partition coefficient (Wildman–Crippen LogP) is 2.25. The average Bonchev–Trinajstić information content (AvgIpc) is 2.64. The van der Waals surface area contributed by atoms with Crippen LogP contribution in [0.5, 0.6) is 0 Å². The molecule has 1 aromatic heterocycles. The topological polar surface area (TPSA) is 43.6 Å². The molecule has 0 spiro atoms. The number of hydrogen-bond donors (Lipinski definition) is 0. The van der Waals surface area contributed by atoms with E-state index in [2.05, 4.69) is 36.3 Å². The maximum atomic E-state index is 4.08. The third-order valence-electron chi connectivity index (χ3n) is 2.22. The van der Waals surface area contributed by atoms with E-state index in [0.717, 1.165) is 17.9 Å². The standard InChI is InChI=1S/C12H16N4/c1-12(2,3)9-11-13-14-15-16(11)10-7-5-4-6-8-10/h4-8H,9H2,1-3H3. The molecule has 0 unspecified atom stereocenters. The number of hydrogen-bond acceptors (Lipinski definition) is 3. The first-order valence-corrected chi connectivity index (χ1v) is 5.39. The summed E-state index contributed by atoms with van der Waals surface area (Å²) in [6, 6.07) is 9.96. The quantitative estimate of drug-likeness (QED) is 0.773. The monoisotopic (exact) mass is 216 g/mol. The molecule has 0 aliphatic heterocycles. The van der Waals surface area contributed by atoms with Crippen LogP contribution >= 0.6 is 0 Å². The highest BCUT2D eigenvalue weighted by Gasteiger charge is 2.17. The van der Waals surface area contributed by atoms with Gasteiger partial charge in [-0.1, -0.05) is 39.0 Å². The van der Waals surface area contributed by atoms with Crippen LogP contribution in [0.1, 0.15) is 26.6 Å². The number of para-hydroxylation sites is 1. The minimum atomic E-state index is 0.182. The molecule has 1 heterocycles. The zero-order chi connectivity index (χ0) is 11.6. The van der Waals surface area contributed by atoms with Crippen molar-refractivity contribution in [1.82, 2.24) is 20.2 Å². The molecular formula is C12H16N4. The first-order chi connectivity index (χ1) is 7.56. The summed E-state index contributed by atoms with van der Waals surface area (Å²) in [4.78, 5) is 0. The highest BCUT2D eigenvalue weighted by Crippen LogP contribution is 2.20. The summed E-state index contributed by atoms with van der Waals surface area (Å²) in [5.41, 5.74) is 1.19. The summed E-state index contributed by atoms with van der Waals surface area (Å²) in [5, 5.41) is 11.9. The Morgan fingerprint density at radius 1 is 1.12 bits per heavy atom. The first kappa shape index (κ1) is 10.8. The van der Waals surface area contributed by atoms with Crippen LogP contribution in [0, 0.1) is 5.41 Å². The Labute approximate surface area is 95.3 Å². The minimum absolute atomic E-state index is 0.182. The van der Waals surface area contributed by atoms with E-state index in [-0.39, 0.29) is 5.41 Å². The lowest BCUT2D eigenvalue weighted by Crippen LogP contribution is -2.14. The lowest BCUT2D eigenvalue weighted by Gasteiger charge is -2.16. The van der Waals surface area contributed by atoms with E-state index in [1.807, 2.05) is 30.3 Å². The van der Waals surface area contributed by atoms with Crippen molar-refractivity contribution in [3.05, 3.63) is 36.2 Å². The van der Waals surface area contributed by atoms with Crippen LogP contribution in [0.15, 0.2) is 30.3 Å². The van der Waals surface area contributed by atoms with Crippen molar-refractivity contribution in [3.8, 4) is 5.69 Å². The van der Waals surface area contributed by atoms with Crippen molar-refractivity contribution >= 4 is 0 Å². The number of tetrazole rings is 1. The Morgan fingerprint density at radius 2 is 1.81 bits per heavy atom. The van der Waals surface area contributed by atoms with Crippen molar-refractivity contribution in [3.63, 3.8) is 0 Å². The number of aromatic nitrogens is 4. The summed E-state index contributed by atoms with van der Waals surface area (Å²) in [7, 11) is 0. The van der Waals surface area contributed by atoms with E-state index in [0.29, 0.717) is 0 Å². The van der Waals surface area contributed by atoms with Gasteiger partial charge in [0.2, 0.25) is 0 Å². The van der Waals surface area contributed by atoms with Gasteiger partial charge in [0.15, 0.2) is 5.82 Å². The average molecular weight is 216 g/mol. The van der Waals surface area contributed by atoms with Gasteiger partial charge in [0, 0.05) is 6.42 Å². The molecule has 4 nitrogen and oxygen atoms in total. The summed E-state index contributed by atoms with van der Waals surface area (Å²) < 4.78 is 1.80. The minimum Gasteiger partial charge on any atom is -0.197 e. The Balaban J connectivity index is 2.33. The zero-order valence-electron chi connectivity index (χ0n) is 9.88. The molecular weight excluding hydrogens is 200 g/mol. The molecule has 0 aliphatic carbocycles. The van der Waals surface area contributed by atoms with Gasteiger partial charge in [-0.3, -0.25) is 0 Å². The maximum Gasteiger partial charge on any atom is 0.157 e. The fourth-order valence-electron chi connectivity index (χ4n) is 1.56. The van der Waals surface area contributed by atoms with E-state index in [4.69, 9.17) is 0 Å². The van der Waals surface area contributed by atoms with Gasteiger partial charge in [-0.25, -0.2) is 0 Å². The number of benzene rings is 1. The Morgan fingerprint density at radius 3 is 2.44 bits per heavy atom. The zero-order valence-corrected chi connectivity index (χ0v) is 9.88. The fraction of sp³-hybridized carbons (Fsp3) is 0.417. The second-order valence-corrected chi connectivity index (χ2v) is 5.08. The molecule has 2 rings (SSSR count). The molecule has 16 heavy (non-hydrogen) atoms. The second-order valence-electron chi connectivity index (χ2n) is 5.08. The molecule has 0 atom stereocenters. The number of nitrogens with zero attached hydrogens (tertiary/aromatic N) is 4. The summed E-state index contributed by atoms with van der Waals surface area (Å²) in [6.45, 7) is 6.53. The van der Waals surface area contributed by atoms with Gasteiger partial charge in [-0.2, -0.15) is 4.68 Å². The Hall–Kier alpha value is -1.71. The molecule has 2 aromatic rings. The largest absolute Gasteiger partial charge is 0.197 e. The van der Waals surface area contributed by atoms with Crippen molar-refractivity contribution in [2.24, 2.45) is 5.41 Å². The second kappa shape index (κ2) is 4.04. The van der Waals surface area contributed by atoms with Crippen LogP contribution in [0.25, 0.3) is 5.69 Å². The van der Waals surface area contributed by atoms with Gasteiger partial charge in [0.25, 0.3) is 0 Å². The summed E-state index contributed by atoms with van der Waals surface area (Å²) in [6.07, 6.45) is 0.856. The first-order valence-electron chi connectivity index (χ1n) is 5.39. The van der Waals surface area contributed by atoms with Crippen LogP contribution in [0.3, 0.4) is 0 Å². The van der Waals surface area contributed by atoms with Gasteiger partial charge in [-0.05, 0) is 28.0 Å². The maximum absolute atomic E-state index is 4.08. The lowest BCUT2D eigenvalue weighted by molar-refractivity contribution is 0.396. The van der Waals surface area contributed by atoms with E-state index in [9.17, 15) is 0 Å². The molecule has 0 N–H and O–H groups in total. The molecule has 84 valence electrons. The fourth-order valence-corrected chi connectivity index (χ4v) is 1.56. The van der Waals surface area contributed by atoms with Crippen molar-refractivity contribution in [2.45, 2.75) is 27.2 Å². The van der Waals surface area contributed by atoms with Gasteiger partial charge in [0.05, 0.1) is 5.69 Å². The van der Waals surface area contributed by atoms with E-state index < -0.39 is 0 Å². The van der Waals surface area contributed by atoms with E-state index in [1.165, 1.54) is 0 Å². The SMILES string of the molecule is CC(C)(C)Cc1nnnn1-c1ccccc1. The summed E-state index contributed by atoms with van der Waals surface area (Å²) in [5.74, 6) is 0.902. The normalized spacial score (nSPS) is 11.7. The lowest BCUT2D eigenvalue weighted by atomic mass is 9.92.